The van der Waals surface area contributed by atoms with Gasteiger partial charge in [0.2, 0.25) is 0 Å². The first-order valence-corrected chi connectivity index (χ1v) is 15.1. The molecule has 3 atom stereocenters. The molecule has 0 bridgehead atoms. The van der Waals surface area contributed by atoms with Crippen molar-refractivity contribution >= 4 is 45.8 Å². The summed E-state index contributed by atoms with van der Waals surface area (Å²) in [5, 5.41) is 20.5. The van der Waals surface area contributed by atoms with Gasteiger partial charge in [-0.05, 0) is 54.8 Å². The first kappa shape index (κ1) is 32.1. The maximum Gasteiger partial charge on any atom is 0.323 e. The standard InChI is InChI=1S/C35H39N5O6/c1-22-19-40(23(2)21-41)33(42)28-12-8-14-30(38-34(43)37-29-13-7-10-24-9-5-6-11-27(24)29)32(28)46-31(22)20-39(3)35(44)36-25-15-17-26(45-4)18-16-25/h5-18,22-23,31,41H,19-21H2,1-4H3,(H,36,44)(H2,37,38,43)/t22-,23-,31-/m0/s1. The molecule has 240 valence electrons. The highest BCUT2D eigenvalue weighted by atomic mass is 16.5. The van der Waals surface area contributed by atoms with Crippen molar-refractivity contribution in [1.29, 1.82) is 0 Å². The molecule has 1 aliphatic heterocycles. The number of carbonyl (C=O) groups excluding carboxylic acids is 3. The monoisotopic (exact) mass is 625 g/mol. The molecule has 1 heterocycles. The van der Waals surface area contributed by atoms with Gasteiger partial charge in [0.15, 0.2) is 5.75 Å². The van der Waals surface area contributed by atoms with Crippen molar-refractivity contribution in [3.63, 3.8) is 0 Å². The molecule has 0 saturated carbocycles. The lowest BCUT2D eigenvalue weighted by Gasteiger charge is -2.38. The van der Waals surface area contributed by atoms with E-state index in [1.54, 1.807) is 68.4 Å². The Bertz CT molecular complexity index is 1710. The SMILES string of the molecule is COc1ccc(NC(=O)N(C)C[C@@H]2Oc3c(NC(=O)Nc4cccc5ccccc45)cccc3C(=O)N([C@@H](C)CO)C[C@@H]2C)cc1. The Hall–Kier alpha value is -5.29. The number of aliphatic hydroxyl groups excluding tert-OH is 1. The lowest BCUT2D eigenvalue weighted by atomic mass is 9.99. The van der Waals surface area contributed by atoms with E-state index in [0.717, 1.165) is 10.8 Å². The van der Waals surface area contributed by atoms with Crippen LogP contribution in [-0.4, -0.2) is 78.9 Å². The van der Waals surface area contributed by atoms with Crippen LogP contribution in [-0.2, 0) is 0 Å². The fraction of sp³-hybridized carbons (Fsp3) is 0.286. The molecule has 11 nitrogen and oxygen atoms in total. The van der Waals surface area contributed by atoms with Crippen molar-refractivity contribution in [3.8, 4) is 11.5 Å². The first-order valence-electron chi connectivity index (χ1n) is 15.1. The Labute approximate surface area is 268 Å². The summed E-state index contributed by atoms with van der Waals surface area (Å²) < 4.78 is 11.7. The molecule has 0 saturated heterocycles. The molecule has 0 aromatic heterocycles. The molecule has 4 aromatic carbocycles. The van der Waals surface area contributed by atoms with E-state index in [1.807, 2.05) is 49.4 Å². The number of hydrogen-bond acceptors (Lipinski definition) is 6. The summed E-state index contributed by atoms with van der Waals surface area (Å²) in [5.74, 6) is 0.287. The third-order valence-electron chi connectivity index (χ3n) is 8.12. The molecule has 5 amide bonds. The number of benzene rings is 4. The van der Waals surface area contributed by atoms with Crippen molar-refractivity contribution in [1.82, 2.24) is 9.80 Å². The van der Waals surface area contributed by atoms with Gasteiger partial charge in [-0.3, -0.25) is 4.79 Å². The highest BCUT2D eigenvalue weighted by Gasteiger charge is 2.35. The van der Waals surface area contributed by atoms with Crippen LogP contribution in [0, 0.1) is 5.92 Å². The maximum absolute atomic E-state index is 13.8. The van der Waals surface area contributed by atoms with Gasteiger partial charge in [-0.25, -0.2) is 9.59 Å². The van der Waals surface area contributed by atoms with E-state index in [-0.39, 0.29) is 48.9 Å². The zero-order valence-electron chi connectivity index (χ0n) is 26.3. The number of carbonyl (C=O) groups is 3. The number of aliphatic hydroxyl groups is 1. The molecule has 46 heavy (non-hydrogen) atoms. The minimum atomic E-state index is -0.573. The van der Waals surface area contributed by atoms with Crippen LogP contribution >= 0.6 is 0 Å². The Balaban J connectivity index is 1.41. The molecule has 5 rings (SSSR count). The average molecular weight is 626 g/mol. The topological polar surface area (TPSA) is 132 Å². The zero-order valence-corrected chi connectivity index (χ0v) is 26.3. The van der Waals surface area contributed by atoms with Gasteiger partial charge in [-0.15, -0.1) is 0 Å². The number of rotatable bonds is 8. The van der Waals surface area contributed by atoms with Gasteiger partial charge < -0.3 is 40.3 Å². The summed E-state index contributed by atoms with van der Waals surface area (Å²) in [6.07, 6.45) is -0.573. The molecule has 1 aliphatic rings. The van der Waals surface area contributed by atoms with E-state index in [2.05, 4.69) is 16.0 Å². The van der Waals surface area contributed by atoms with E-state index < -0.39 is 18.2 Å². The second kappa shape index (κ2) is 14.2. The molecule has 0 radical (unpaired) electrons. The van der Waals surface area contributed by atoms with Crippen LogP contribution in [0.3, 0.4) is 0 Å². The largest absolute Gasteiger partial charge is 0.497 e. The summed E-state index contributed by atoms with van der Waals surface area (Å²) in [5.41, 5.74) is 1.77. The first-order chi connectivity index (χ1) is 22.2. The average Bonchev–Trinajstić information content (AvgIpc) is 3.06. The third kappa shape index (κ3) is 7.16. The van der Waals surface area contributed by atoms with Gasteiger partial charge in [-0.1, -0.05) is 49.4 Å². The van der Waals surface area contributed by atoms with Crippen molar-refractivity contribution in [3.05, 3.63) is 90.5 Å². The number of para-hydroxylation sites is 1. The number of fused-ring (bicyclic) bond motifs is 2. The molecular weight excluding hydrogens is 586 g/mol. The van der Waals surface area contributed by atoms with Crippen LogP contribution in [0.5, 0.6) is 11.5 Å². The molecule has 4 N–H and O–H groups in total. The van der Waals surface area contributed by atoms with E-state index in [1.165, 1.54) is 4.90 Å². The van der Waals surface area contributed by atoms with E-state index in [4.69, 9.17) is 9.47 Å². The highest BCUT2D eigenvalue weighted by molar-refractivity contribution is 6.08. The summed E-state index contributed by atoms with van der Waals surface area (Å²) >= 11 is 0. The summed E-state index contributed by atoms with van der Waals surface area (Å²) in [4.78, 5) is 43.4. The van der Waals surface area contributed by atoms with Crippen LogP contribution in [0.25, 0.3) is 10.8 Å². The number of methoxy groups -OCH3 is 1. The fourth-order valence-corrected chi connectivity index (χ4v) is 5.42. The number of hydrogen-bond donors (Lipinski definition) is 4. The predicted octanol–water partition coefficient (Wildman–Crippen LogP) is 5.88. The highest BCUT2D eigenvalue weighted by Crippen LogP contribution is 2.35. The maximum atomic E-state index is 13.8. The Kier molecular flexibility index (Phi) is 9.92. The zero-order chi connectivity index (χ0) is 32.8. The van der Waals surface area contributed by atoms with Crippen molar-refractivity contribution < 1.29 is 29.0 Å². The lowest BCUT2D eigenvalue weighted by molar-refractivity contribution is 0.0373. The molecule has 11 heteroatoms. The van der Waals surface area contributed by atoms with Crippen molar-refractivity contribution in [2.24, 2.45) is 5.92 Å². The quantitative estimate of drug-likeness (QED) is 0.194. The number of anilines is 3. The molecule has 0 unspecified atom stereocenters. The van der Waals surface area contributed by atoms with Gasteiger partial charge in [0, 0.05) is 30.6 Å². The van der Waals surface area contributed by atoms with Crippen LogP contribution in [0.15, 0.2) is 84.9 Å². The number of likely N-dealkylation sites (N-methyl/N-ethyl adjacent to an activating group) is 1. The van der Waals surface area contributed by atoms with Gasteiger partial charge in [0.05, 0.1) is 43.2 Å². The number of urea groups is 2. The Morgan fingerprint density at radius 3 is 2.39 bits per heavy atom. The van der Waals surface area contributed by atoms with Crippen LogP contribution in [0.4, 0.5) is 26.7 Å². The predicted molar refractivity (Wildman–Crippen MR) is 179 cm³/mol. The van der Waals surface area contributed by atoms with E-state index in [0.29, 0.717) is 22.8 Å². The minimum Gasteiger partial charge on any atom is -0.497 e. The Morgan fingerprint density at radius 2 is 1.65 bits per heavy atom. The molecular formula is C35H39N5O6. The molecule has 0 spiro atoms. The van der Waals surface area contributed by atoms with E-state index >= 15 is 0 Å². The van der Waals surface area contributed by atoms with Crippen LogP contribution < -0.4 is 25.4 Å². The molecule has 4 aromatic rings. The van der Waals surface area contributed by atoms with Crippen LogP contribution in [0.1, 0.15) is 24.2 Å². The molecule has 0 fully saturated rings. The van der Waals surface area contributed by atoms with E-state index in [9.17, 15) is 19.5 Å². The fourth-order valence-electron chi connectivity index (χ4n) is 5.42. The third-order valence-corrected chi connectivity index (χ3v) is 8.12. The smallest absolute Gasteiger partial charge is 0.323 e. The van der Waals surface area contributed by atoms with Crippen LogP contribution in [0.2, 0.25) is 0 Å². The lowest BCUT2D eigenvalue weighted by Crippen LogP contribution is -2.50. The number of nitrogens with one attached hydrogen (secondary N) is 3. The minimum absolute atomic E-state index is 0.175. The number of ether oxygens (including phenoxy) is 2. The number of amides is 5. The van der Waals surface area contributed by atoms with Gasteiger partial charge in [0.25, 0.3) is 5.91 Å². The second-order valence-corrected chi connectivity index (χ2v) is 11.4. The van der Waals surface area contributed by atoms with Gasteiger partial charge in [-0.2, -0.15) is 0 Å². The Morgan fingerprint density at radius 1 is 0.978 bits per heavy atom. The molecule has 0 aliphatic carbocycles. The van der Waals surface area contributed by atoms with Gasteiger partial charge >= 0.3 is 12.1 Å². The van der Waals surface area contributed by atoms with Crippen molar-refractivity contribution in [2.45, 2.75) is 26.0 Å². The van der Waals surface area contributed by atoms with Crippen molar-refractivity contribution in [2.75, 3.05) is 49.8 Å². The normalized spacial score (nSPS) is 16.7. The second-order valence-electron chi connectivity index (χ2n) is 11.4. The van der Waals surface area contributed by atoms with Gasteiger partial charge in [0.1, 0.15) is 11.9 Å². The summed E-state index contributed by atoms with van der Waals surface area (Å²) in [7, 11) is 3.24. The summed E-state index contributed by atoms with van der Waals surface area (Å²) in [6, 6.07) is 24.0. The number of nitrogens with zero attached hydrogens (tertiary/aromatic N) is 2. The summed E-state index contributed by atoms with van der Waals surface area (Å²) in [6.45, 7) is 3.94.